The molecule has 8 rings (SSSR count). The molecule has 0 bridgehead atoms. The summed E-state index contributed by atoms with van der Waals surface area (Å²) in [7, 11) is -7.19. The molecule has 3 aliphatic heterocycles. The van der Waals surface area contributed by atoms with Crippen molar-refractivity contribution in [2.75, 3.05) is 76.9 Å². The molecule has 5 heterocycles. The second-order valence-corrected chi connectivity index (χ2v) is 23.0. The first kappa shape index (κ1) is 48.4. The van der Waals surface area contributed by atoms with Crippen molar-refractivity contribution in [3.63, 3.8) is 0 Å². The lowest BCUT2D eigenvalue weighted by Crippen LogP contribution is -2.51. The van der Waals surface area contributed by atoms with Crippen molar-refractivity contribution >= 4 is 89.3 Å². The van der Waals surface area contributed by atoms with Crippen LogP contribution in [-0.2, 0) is 37.9 Å². The molecule has 15 nitrogen and oxygen atoms in total. The van der Waals surface area contributed by atoms with E-state index in [1.807, 2.05) is 21.9 Å². The van der Waals surface area contributed by atoms with E-state index in [4.69, 9.17) is 23.2 Å². The van der Waals surface area contributed by atoms with Crippen LogP contribution >= 0.6 is 45.9 Å². The van der Waals surface area contributed by atoms with Gasteiger partial charge in [0.2, 0.25) is 5.91 Å². The van der Waals surface area contributed by atoms with Crippen LogP contribution in [-0.4, -0.2) is 130 Å². The lowest BCUT2D eigenvalue weighted by atomic mass is 10.2. The standard InChI is InChI=1S/C22H27ClN4O4S2.C22H22ClN3O4S2/c23-18-5-3-17(4-6-18)22(29)24-15-19-7-8-21(32-19)33(30,31)27-13-11-25(12-14-27)16-20(28)26-9-1-2-10-26;23-17-3-1-16(2-4-17)22(28)24-15-20-9-10-21(31-20)32(29,30)26-13-11-25(12-14-26)18-5-7-19(27)8-6-18/h3-8H,1-2,9-16H2,(H,24,29);1-10,27H,11-15H2,(H,24,28). The van der Waals surface area contributed by atoms with Crippen LogP contribution in [0.5, 0.6) is 5.75 Å². The van der Waals surface area contributed by atoms with Crippen LogP contribution in [0, 0.1) is 0 Å². The number of carbonyl (C=O) groups excluding carboxylic acids is 3. The molecule has 3 fully saturated rings. The zero-order valence-electron chi connectivity index (χ0n) is 35.3. The summed E-state index contributed by atoms with van der Waals surface area (Å²) in [5, 5.41) is 16.1. The highest BCUT2D eigenvalue weighted by Crippen LogP contribution is 2.29. The van der Waals surface area contributed by atoms with Gasteiger partial charge in [0.05, 0.1) is 19.6 Å². The Kier molecular flexibility index (Phi) is 16.2. The fourth-order valence-corrected chi connectivity index (χ4v) is 13.4. The Balaban J connectivity index is 0.000000194. The SMILES string of the molecule is O=C(NCc1ccc(S(=O)(=O)N2CCN(CC(=O)N3CCCC3)CC2)s1)c1ccc(Cl)cc1.O=C(NCc1ccc(S(=O)(=O)N2CCN(c3ccc(O)cc3)CC2)s1)c1ccc(Cl)cc1. The van der Waals surface area contributed by atoms with E-state index in [2.05, 4.69) is 15.5 Å². The number of nitrogens with one attached hydrogen (secondary N) is 2. The number of hydrogen-bond acceptors (Lipinski definition) is 12. The minimum Gasteiger partial charge on any atom is -0.508 e. The number of carbonyl (C=O) groups is 3. The van der Waals surface area contributed by atoms with Crippen molar-refractivity contribution in [2.24, 2.45) is 0 Å². The summed E-state index contributed by atoms with van der Waals surface area (Å²) < 4.78 is 55.8. The van der Waals surface area contributed by atoms with Crippen molar-refractivity contribution in [1.29, 1.82) is 0 Å². The quantitative estimate of drug-likeness (QED) is 0.130. The van der Waals surface area contributed by atoms with Gasteiger partial charge in [-0.25, -0.2) is 16.8 Å². The lowest BCUT2D eigenvalue weighted by Gasteiger charge is -2.35. The third-order valence-corrected chi connectivity index (χ3v) is 18.5. The number of anilines is 1. The molecule has 0 saturated carbocycles. The molecule has 3 aromatic carbocycles. The number of halogens is 2. The third kappa shape index (κ3) is 12.7. The molecular weight excluding hydrogens is 954 g/mol. The van der Waals surface area contributed by atoms with Crippen LogP contribution in [0.25, 0.3) is 0 Å². The lowest BCUT2D eigenvalue weighted by molar-refractivity contribution is -0.131. The first-order chi connectivity index (χ1) is 31.1. The Morgan fingerprint density at radius 3 is 1.43 bits per heavy atom. The number of phenols is 1. The average molecular weight is 1000 g/mol. The summed E-state index contributed by atoms with van der Waals surface area (Å²) in [6.07, 6.45) is 2.12. The van der Waals surface area contributed by atoms with Gasteiger partial charge in [0.1, 0.15) is 14.2 Å². The van der Waals surface area contributed by atoms with Gasteiger partial charge in [-0.3, -0.25) is 19.3 Å². The molecule has 0 radical (unpaired) electrons. The number of piperazine rings is 2. The van der Waals surface area contributed by atoms with Crippen molar-refractivity contribution in [2.45, 2.75) is 34.3 Å². The molecule has 0 atom stereocenters. The van der Waals surface area contributed by atoms with Crippen LogP contribution in [0.15, 0.2) is 105 Å². The number of benzene rings is 3. The number of phenolic OH excluding ortho intramolecular Hbond substituents is 1. The summed E-state index contributed by atoms with van der Waals surface area (Å²) in [5.41, 5.74) is 1.94. The number of aromatic hydroxyl groups is 1. The van der Waals surface area contributed by atoms with Crippen LogP contribution in [0.2, 0.25) is 10.0 Å². The molecule has 346 valence electrons. The van der Waals surface area contributed by atoms with Gasteiger partial charge in [-0.15, -0.1) is 22.7 Å². The Hall–Kier alpha value is -4.57. The fourth-order valence-electron chi connectivity index (χ4n) is 7.42. The number of sulfonamides is 2. The Labute approximate surface area is 397 Å². The average Bonchev–Trinajstić information content (AvgIpc) is 4.13. The molecule has 65 heavy (non-hydrogen) atoms. The van der Waals surface area contributed by atoms with E-state index < -0.39 is 20.0 Å². The van der Waals surface area contributed by atoms with Gasteiger partial charge >= 0.3 is 0 Å². The van der Waals surface area contributed by atoms with Gasteiger partial charge in [-0.1, -0.05) is 23.2 Å². The number of likely N-dealkylation sites (tertiary alicyclic amines) is 1. The molecule has 3 saturated heterocycles. The summed E-state index contributed by atoms with van der Waals surface area (Å²) in [5.74, 6) is -0.158. The molecule has 0 spiro atoms. The minimum atomic E-state index is -3.60. The summed E-state index contributed by atoms with van der Waals surface area (Å²) in [6, 6.07) is 26.7. The van der Waals surface area contributed by atoms with Crippen molar-refractivity contribution in [3.8, 4) is 5.75 Å². The van der Waals surface area contributed by atoms with Crippen LogP contribution in [0.1, 0.15) is 43.3 Å². The summed E-state index contributed by atoms with van der Waals surface area (Å²) in [4.78, 5) is 44.4. The smallest absolute Gasteiger partial charge is 0.252 e. The van der Waals surface area contributed by atoms with Crippen LogP contribution < -0.4 is 15.5 Å². The number of rotatable bonds is 13. The molecule has 0 unspecified atom stereocenters. The van der Waals surface area contributed by atoms with Gasteiger partial charge in [0.25, 0.3) is 31.9 Å². The van der Waals surface area contributed by atoms with Gasteiger partial charge < -0.3 is 25.5 Å². The second kappa shape index (κ2) is 21.8. The van der Waals surface area contributed by atoms with E-state index >= 15 is 0 Å². The molecule has 3 amide bonds. The second-order valence-electron chi connectivity index (χ2n) is 15.5. The van der Waals surface area contributed by atoms with Gasteiger partial charge in [0.15, 0.2) is 0 Å². The van der Waals surface area contributed by atoms with Crippen molar-refractivity contribution in [3.05, 3.63) is 128 Å². The molecule has 3 aliphatic rings. The number of thiophene rings is 2. The highest BCUT2D eigenvalue weighted by Gasteiger charge is 2.32. The van der Waals surface area contributed by atoms with Gasteiger partial charge in [-0.05, 0) is 110 Å². The molecule has 21 heteroatoms. The maximum Gasteiger partial charge on any atom is 0.252 e. The fraction of sp³-hybridized carbons (Fsp3) is 0.341. The number of amides is 3. The van der Waals surface area contributed by atoms with E-state index in [-0.39, 0.29) is 45.0 Å². The molecule has 0 aliphatic carbocycles. The topological polar surface area (TPSA) is 180 Å². The Bertz CT molecular complexity index is 2640. The maximum atomic E-state index is 13.1. The van der Waals surface area contributed by atoms with Gasteiger partial charge in [-0.2, -0.15) is 8.61 Å². The zero-order valence-corrected chi connectivity index (χ0v) is 40.1. The Morgan fingerprint density at radius 2 is 0.985 bits per heavy atom. The molecule has 5 aromatic rings. The van der Waals surface area contributed by atoms with Gasteiger partial charge in [0, 0.05) is 102 Å². The summed E-state index contributed by atoms with van der Waals surface area (Å²) in [6.45, 7) is 6.18. The maximum absolute atomic E-state index is 13.1. The largest absolute Gasteiger partial charge is 0.508 e. The first-order valence-electron chi connectivity index (χ1n) is 20.9. The highest BCUT2D eigenvalue weighted by molar-refractivity contribution is 7.91. The first-order valence-corrected chi connectivity index (χ1v) is 26.2. The number of nitrogens with zero attached hydrogens (tertiary/aromatic N) is 5. The normalized spacial score (nSPS) is 16.5. The van der Waals surface area contributed by atoms with E-state index in [1.165, 1.54) is 19.9 Å². The molecule has 2 aromatic heterocycles. The third-order valence-electron chi connectivity index (χ3n) is 11.1. The molecule has 3 N–H and O–H groups in total. The van der Waals surface area contributed by atoms with E-state index in [9.17, 15) is 36.3 Å². The molecular formula is C44H49Cl2N7O8S4. The van der Waals surface area contributed by atoms with Crippen molar-refractivity contribution < 1.29 is 36.3 Å². The van der Waals surface area contributed by atoms with E-state index in [1.54, 1.807) is 84.9 Å². The van der Waals surface area contributed by atoms with Crippen LogP contribution in [0.4, 0.5) is 5.69 Å². The number of hydrogen-bond donors (Lipinski definition) is 3. The zero-order chi connectivity index (χ0) is 46.1. The van der Waals surface area contributed by atoms with E-state index in [0.717, 1.165) is 52.7 Å². The van der Waals surface area contributed by atoms with Crippen molar-refractivity contribution in [1.82, 2.24) is 29.0 Å². The highest BCUT2D eigenvalue weighted by atomic mass is 35.5. The minimum absolute atomic E-state index is 0.132. The van der Waals surface area contributed by atoms with E-state index in [0.29, 0.717) is 80.1 Å². The summed E-state index contributed by atoms with van der Waals surface area (Å²) >= 11 is 14.0. The van der Waals surface area contributed by atoms with Crippen LogP contribution in [0.3, 0.4) is 0 Å². The predicted molar refractivity (Wildman–Crippen MR) is 254 cm³/mol. The monoisotopic (exact) mass is 1000 g/mol. The Morgan fingerprint density at radius 1 is 0.554 bits per heavy atom. The predicted octanol–water partition coefficient (Wildman–Crippen LogP) is 5.81.